The molecule has 3 aromatic rings. The lowest BCUT2D eigenvalue weighted by Crippen LogP contribution is -2.43. The van der Waals surface area contributed by atoms with Gasteiger partial charge in [-0.25, -0.2) is 23.0 Å². The van der Waals surface area contributed by atoms with Crippen LogP contribution in [0.1, 0.15) is 5.56 Å². The molecule has 1 aromatic heterocycles. The van der Waals surface area contributed by atoms with Gasteiger partial charge in [0, 0.05) is 33.7 Å². The number of fused-ring (bicyclic) bond motifs is 1. The first-order valence-electron chi connectivity index (χ1n) is 10.3. The minimum absolute atomic E-state index is 0.0665. The van der Waals surface area contributed by atoms with Gasteiger partial charge in [0.05, 0.1) is 16.9 Å². The fourth-order valence-electron chi connectivity index (χ4n) is 3.21. The zero-order valence-corrected chi connectivity index (χ0v) is 20.1. The molecular weight excluding hydrogens is 509 g/mol. The third-order valence-electron chi connectivity index (χ3n) is 4.61. The molecule has 1 amide bonds. The van der Waals surface area contributed by atoms with E-state index in [0.29, 0.717) is 22.2 Å². The van der Waals surface area contributed by atoms with Crippen molar-refractivity contribution in [3.63, 3.8) is 0 Å². The van der Waals surface area contributed by atoms with E-state index in [1.54, 1.807) is 19.1 Å². The average molecular weight is 532 g/mol. The van der Waals surface area contributed by atoms with Gasteiger partial charge >= 0.3 is 6.18 Å². The fraction of sp³-hybridized carbons (Fsp3) is 0.318. The Morgan fingerprint density at radius 2 is 1.92 bits per heavy atom. The van der Waals surface area contributed by atoms with E-state index < -0.39 is 47.0 Å². The van der Waals surface area contributed by atoms with Gasteiger partial charge < -0.3 is 15.4 Å². The van der Waals surface area contributed by atoms with E-state index >= 15 is 0 Å². The number of rotatable bonds is 8. The summed E-state index contributed by atoms with van der Waals surface area (Å²) in [6.45, 7) is -1.39. The molecule has 2 N–H and O–H groups in total. The van der Waals surface area contributed by atoms with E-state index in [9.17, 15) is 31.0 Å². The largest absolute Gasteiger partial charge is 0.476 e. The first-order valence-corrected chi connectivity index (χ1v) is 12.6. The van der Waals surface area contributed by atoms with Crippen LogP contribution in [0, 0.1) is 12.7 Å². The average Bonchev–Trinajstić information content (AvgIpc) is 2.75. The zero-order chi connectivity index (χ0) is 26.7. The molecule has 14 heteroatoms. The van der Waals surface area contributed by atoms with Crippen LogP contribution in [0.15, 0.2) is 41.0 Å². The van der Waals surface area contributed by atoms with Gasteiger partial charge in [-0.1, -0.05) is 0 Å². The normalized spacial score (nSPS) is 12.8. The summed E-state index contributed by atoms with van der Waals surface area (Å²) in [5.74, 6) is -2.23. The molecule has 2 aromatic carbocycles. The van der Waals surface area contributed by atoms with Crippen LogP contribution < -0.4 is 15.4 Å². The smallest absolute Gasteiger partial charge is 0.405 e. The first kappa shape index (κ1) is 27.0. The Morgan fingerprint density at radius 3 is 2.56 bits per heavy atom. The first-order chi connectivity index (χ1) is 16.8. The summed E-state index contributed by atoms with van der Waals surface area (Å²) in [6, 6.07) is 6.44. The molecule has 1 heterocycles. The Bertz CT molecular complexity index is 1400. The maximum Gasteiger partial charge on any atom is 0.405 e. The van der Waals surface area contributed by atoms with Gasteiger partial charge in [-0.3, -0.25) is 4.79 Å². The second kappa shape index (κ2) is 10.6. The molecule has 1 atom stereocenters. The van der Waals surface area contributed by atoms with E-state index in [1.807, 2.05) is 0 Å². The van der Waals surface area contributed by atoms with E-state index in [1.165, 1.54) is 30.2 Å². The second-order valence-corrected chi connectivity index (χ2v) is 10.6. The van der Waals surface area contributed by atoms with Crippen LogP contribution in [0.4, 0.5) is 39.1 Å². The zero-order valence-electron chi connectivity index (χ0n) is 19.3. The number of anilines is 2. The third-order valence-corrected chi connectivity index (χ3v) is 5.26. The minimum Gasteiger partial charge on any atom is -0.476 e. The van der Waals surface area contributed by atoms with Crippen molar-refractivity contribution in [1.29, 1.82) is 0 Å². The molecule has 194 valence electrons. The van der Waals surface area contributed by atoms with Gasteiger partial charge in [0.15, 0.2) is 0 Å². The SMILES string of the molecule is Cc1cc(N=S(C)(C)=O)cc2ncnc(Nc3ccc(F)cc3O[C@H](CF)C(=O)NCC(F)(F)F)c12. The van der Waals surface area contributed by atoms with Gasteiger partial charge in [0.1, 0.15) is 36.9 Å². The van der Waals surface area contributed by atoms with Crippen molar-refractivity contribution in [2.75, 3.05) is 31.0 Å². The number of ether oxygens (including phenoxy) is 1. The number of amides is 1. The Morgan fingerprint density at radius 1 is 1.19 bits per heavy atom. The lowest BCUT2D eigenvalue weighted by atomic mass is 10.1. The number of aryl methyl sites for hydroxylation is 1. The predicted molar refractivity (Wildman–Crippen MR) is 125 cm³/mol. The van der Waals surface area contributed by atoms with Gasteiger partial charge in [-0.2, -0.15) is 17.5 Å². The van der Waals surface area contributed by atoms with Crippen molar-refractivity contribution in [3.05, 3.63) is 48.0 Å². The predicted octanol–water partition coefficient (Wildman–Crippen LogP) is 4.58. The molecule has 0 fully saturated rings. The number of hydrogen-bond acceptors (Lipinski definition) is 7. The van der Waals surface area contributed by atoms with Crippen molar-refractivity contribution < 1.29 is 35.7 Å². The summed E-state index contributed by atoms with van der Waals surface area (Å²) in [5, 5.41) is 4.99. The topological polar surface area (TPSA) is 106 Å². The standard InChI is InChI=1S/C22H22F5N5O3S/c1-12-6-14(32-36(2,3)34)8-16-19(12)20(30-11-29-16)31-15-5-4-13(24)7-17(15)35-18(9-23)21(33)28-10-22(25,26)27/h4-8,11,18H,9-10H2,1-3H3,(H,28,33)(H,29,30,31)/t18-/m1/s1. The second-order valence-electron chi connectivity index (χ2n) is 8.01. The Labute approximate surface area is 203 Å². The molecule has 0 aliphatic heterocycles. The molecule has 0 bridgehead atoms. The van der Waals surface area contributed by atoms with Gasteiger partial charge in [0.2, 0.25) is 6.10 Å². The Kier molecular flexibility index (Phi) is 7.96. The molecule has 36 heavy (non-hydrogen) atoms. The summed E-state index contributed by atoms with van der Waals surface area (Å²) in [7, 11) is -2.43. The molecule has 0 aliphatic rings. The molecule has 0 saturated carbocycles. The third kappa shape index (κ3) is 7.23. The maximum atomic E-state index is 13.9. The number of nitrogens with zero attached hydrogens (tertiary/aromatic N) is 3. The Hall–Kier alpha value is -3.55. The number of nitrogens with one attached hydrogen (secondary N) is 2. The molecule has 0 aliphatic carbocycles. The van der Waals surface area contributed by atoms with Crippen LogP contribution >= 0.6 is 0 Å². The van der Waals surface area contributed by atoms with Crippen molar-refractivity contribution in [2.24, 2.45) is 4.36 Å². The van der Waals surface area contributed by atoms with E-state index in [-0.39, 0.29) is 17.3 Å². The number of benzene rings is 2. The summed E-state index contributed by atoms with van der Waals surface area (Å²) >= 11 is 0. The minimum atomic E-state index is -4.70. The summed E-state index contributed by atoms with van der Waals surface area (Å²) < 4.78 is 86.0. The van der Waals surface area contributed by atoms with Crippen LogP contribution in [0.5, 0.6) is 5.75 Å². The summed E-state index contributed by atoms with van der Waals surface area (Å²) in [4.78, 5) is 20.4. The Balaban J connectivity index is 1.95. The molecule has 8 nitrogen and oxygen atoms in total. The highest BCUT2D eigenvalue weighted by Crippen LogP contribution is 2.34. The van der Waals surface area contributed by atoms with Crippen LogP contribution in [0.25, 0.3) is 10.9 Å². The lowest BCUT2D eigenvalue weighted by Gasteiger charge is -2.19. The fourth-order valence-corrected chi connectivity index (χ4v) is 3.82. The van der Waals surface area contributed by atoms with Crippen LogP contribution in [0.2, 0.25) is 0 Å². The van der Waals surface area contributed by atoms with Crippen molar-refractivity contribution in [2.45, 2.75) is 19.2 Å². The van der Waals surface area contributed by atoms with E-state index in [0.717, 1.165) is 12.1 Å². The number of hydrogen-bond donors (Lipinski definition) is 2. The maximum absolute atomic E-state index is 13.9. The highest BCUT2D eigenvalue weighted by atomic mass is 32.2. The van der Waals surface area contributed by atoms with E-state index in [4.69, 9.17) is 4.74 Å². The highest BCUT2D eigenvalue weighted by molar-refractivity contribution is 7.92. The number of halogens is 5. The van der Waals surface area contributed by atoms with Gasteiger partial charge in [-0.15, -0.1) is 0 Å². The van der Waals surface area contributed by atoms with Crippen molar-refractivity contribution >= 4 is 43.7 Å². The van der Waals surface area contributed by atoms with Gasteiger partial charge in [0.25, 0.3) is 5.91 Å². The summed E-state index contributed by atoms with van der Waals surface area (Å²) in [5.41, 5.74) is 1.63. The van der Waals surface area contributed by atoms with Crippen molar-refractivity contribution in [3.8, 4) is 5.75 Å². The highest BCUT2D eigenvalue weighted by Gasteiger charge is 2.30. The number of alkyl halides is 4. The van der Waals surface area contributed by atoms with Crippen LogP contribution in [-0.2, 0) is 14.5 Å². The molecule has 0 unspecified atom stereocenters. The molecule has 0 spiro atoms. The molecule has 0 saturated heterocycles. The summed E-state index contributed by atoms with van der Waals surface area (Å²) in [6.07, 6.45) is -2.44. The van der Waals surface area contributed by atoms with E-state index in [2.05, 4.69) is 19.6 Å². The van der Waals surface area contributed by atoms with Crippen LogP contribution in [0.3, 0.4) is 0 Å². The lowest BCUT2D eigenvalue weighted by molar-refractivity contribution is -0.143. The molecular formula is C22H22F5N5O3S. The van der Waals surface area contributed by atoms with Crippen molar-refractivity contribution in [1.82, 2.24) is 15.3 Å². The van der Waals surface area contributed by atoms with Crippen LogP contribution in [-0.4, -0.2) is 58.1 Å². The molecule has 3 rings (SSSR count). The number of carbonyl (C=O) groups excluding carboxylic acids is 1. The number of aromatic nitrogens is 2. The van der Waals surface area contributed by atoms with Gasteiger partial charge in [-0.05, 0) is 36.8 Å². The quantitative estimate of drug-likeness (QED) is 0.413. The monoisotopic (exact) mass is 531 g/mol. The number of carbonyl (C=O) groups is 1. The molecule has 0 radical (unpaired) electrons.